The SMILES string of the molecule is CC(C)C(CN)C(=O)Nc1sc2c(c1C#N)CCC2. The molecule has 0 aromatic carbocycles. The van der Waals surface area contributed by atoms with Gasteiger partial charge < -0.3 is 11.1 Å². The molecule has 1 unspecified atom stereocenters. The molecule has 1 atom stereocenters. The smallest absolute Gasteiger partial charge is 0.229 e. The Morgan fingerprint density at radius 1 is 1.53 bits per heavy atom. The van der Waals surface area contributed by atoms with Crippen molar-refractivity contribution in [2.24, 2.45) is 17.6 Å². The molecule has 19 heavy (non-hydrogen) atoms. The fourth-order valence-corrected chi connectivity index (χ4v) is 3.74. The lowest BCUT2D eigenvalue weighted by Crippen LogP contribution is -2.33. The molecule has 102 valence electrons. The molecule has 3 N–H and O–H groups in total. The van der Waals surface area contributed by atoms with Crippen molar-refractivity contribution in [3.05, 3.63) is 16.0 Å². The molecule has 1 aromatic heterocycles. The van der Waals surface area contributed by atoms with Crippen LogP contribution >= 0.6 is 11.3 Å². The van der Waals surface area contributed by atoms with E-state index in [-0.39, 0.29) is 17.7 Å². The van der Waals surface area contributed by atoms with Gasteiger partial charge in [0.15, 0.2) is 0 Å². The van der Waals surface area contributed by atoms with E-state index in [1.165, 1.54) is 4.88 Å². The highest BCUT2D eigenvalue weighted by Gasteiger charge is 2.26. The molecule has 0 fully saturated rings. The molecule has 1 heterocycles. The largest absolute Gasteiger partial charge is 0.330 e. The first kappa shape index (κ1) is 14.0. The van der Waals surface area contributed by atoms with Gasteiger partial charge >= 0.3 is 0 Å². The molecule has 0 bridgehead atoms. The van der Waals surface area contributed by atoms with Crippen molar-refractivity contribution >= 4 is 22.2 Å². The van der Waals surface area contributed by atoms with E-state index < -0.39 is 0 Å². The van der Waals surface area contributed by atoms with Crippen LogP contribution in [-0.2, 0) is 17.6 Å². The van der Waals surface area contributed by atoms with Crippen molar-refractivity contribution in [3.63, 3.8) is 0 Å². The maximum absolute atomic E-state index is 12.2. The second-order valence-electron chi connectivity index (χ2n) is 5.25. The van der Waals surface area contributed by atoms with Crippen LogP contribution in [-0.4, -0.2) is 12.5 Å². The topological polar surface area (TPSA) is 78.9 Å². The highest BCUT2D eigenvalue weighted by atomic mass is 32.1. The normalized spacial score (nSPS) is 15.1. The number of thiophene rings is 1. The lowest BCUT2D eigenvalue weighted by molar-refractivity contribution is -0.120. The monoisotopic (exact) mass is 277 g/mol. The van der Waals surface area contributed by atoms with Gasteiger partial charge in [0.1, 0.15) is 11.1 Å². The Morgan fingerprint density at radius 2 is 2.26 bits per heavy atom. The zero-order chi connectivity index (χ0) is 14.0. The van der Waals surface area contributed by atoms with Crippen LogP contribution in [0, 0.1) is 23.2 Å². The first-order chi connectivity index (χ1) is 9.08. The number of carbonyl (C=O) groups excluding carboxylic acids is 1. The van der Waals surface area contributed by atoms with Crippen molar-refractivity contribution in [1.29, 1.82) is 5.26 Å². The van der Waals surface area contributed by atoms with E-state index in [9.17, 15) is 10.1 Å². The molecule has 1 aromatic rings. The third kappa shape index (κ3) is 2.65. The number of nitrogens with one attached hydrogen (secondary N) is 1. The molecule has 0 spiro atoms. The lowest BCUT2D eigenvalue weighted by atomic mass is 9.95. The van der Waals surface area contributed by atoms with E-state index >= 15 is 0 Å². The van der Waals surface area contributed by atoms with Crippen molar-refractivity contribution in [2.45, 2.75) is 33.1 Å². The third-order valence-electron chi connectivity index (χ3n) is 3.67. The zero-order valence-corrected chi connectivity index (χ0v) is 12.1. The highest BCUT2D eigenvalue weighted by molar-refractivity contribution is 7.16. The molecule has 1 aliphatic carbocycles. The third-order valence-corrected chi connectivity index (χ3v) is 4.87. The minimum absolute atomic E-state index is 0.0751. The summed E-state index contributed by atoms with van der Waals surface area (Å²) < 4.78 is 0. The molecular formula is C14H19N3OS. The number of carbonyl (C=O) groups is 1. The van der Waals surface area contributed by atoms with Crippen molar-refractivity contribution in [3.8, 4) is 6.07 Å². The van der Waals surface area contributed by atoms with Crippen LogP contribution in [0.3, 0.4) is 0 Å². The van der Waals surface area contributed by atoms with Gasteiger partial charge in [-0.05, 0) is 30.7 Å². The quantitative estimate of drug-likeness (QED) is 0.886. The molecule has 1 amide bonds. The number of amides is 1. The Hall–Kier alpha value is -1.38. The van der Waals surface area contributed by atoms with Gasteiger partial charge in [-0.1, -0.05) is 13.8 Å². The Bertz CT molecular complexity index is 528. The molecule has 4 nitrogen and oxygen atoms in total. The maximum Gasteiger partial charge on any atom is 0.229 e. The number of anilines is 1. The molecule has 0 saturated carbocycles. The molecular weight excluding hydrogens is 258 g/mol. The van der Waals surface area contributed by atoms with Gasteiger partial charge in [0, 0.05) is 11.4 Å². The number of aryl methyl sites for hydroxylation is 1. The van der Waals surface area contributed by atoms with Crippen LogP contribution in [0.5, 0.6) is 0 Å². The van der Waals surface area contributed by atoms with Gasteiger partial charge in [-0.25, -0.2) is 0 Å². The Labute approximate surface area is 117 Å². The summed E-state index contributed by atoms with van der Waals surface area (Å²) in [6.07, 6.45) is 3.09. The molecule has 0 saturated heterocycles. The Kier molecular flexibility index (Phi) is 4.23. The summed E-state index contributed by atoms with van der Waals surface area (Å²) in [5.74, 6) is -0.0836. The first-order valence-electron chi connectivity index (χ1n) is 6.64. The molecule has 2 rings (SSSR count). The Morgan fingerprint density at radius 3 is 2.84 bits per heavy atom. The van der Waals surface area contributed by atoms with Crippen LogP contribution in [0.15, 0.2) is 0 Å². The van der Waals surface area contributed by atoms with Crippen LogP contribution in [0.4, 0.5) is 5.00 Å². The minimum Gasteiger partial charge on any atom is -0.330 e. The summed E-state index contributed by atoms with van der Waals surface area (Å²) in [4.78, 5) is 13.4. The van der Waals surface area contributed by atoms with Crippen LogP contribution in [0.1, 0.15) is 36.3 Å². The summed E-state index contributed by atoms with van der Waals surface area (Å²) in [6, 6.07) is 2.23. The number of nitriles is 1. The van der Waals surface area contributed by atoms with E-state index in [1.54, 1.807) is 11.3 Å². The number of hydrogen-bond acceptors (Lipinski definition) is 4. The van der Waals surface area contributed by atoms with E-state index in [1.807, 2.05) is 13.8 Å². The van der Waals surface area contributed by atoms with Gasteiger partial charge in [-0.2, -0.15) is 5.26 Å². The summed E-state index contributed by atoms with van der Waals surface area (Å²) in [7, 11) is 0. The van der Waals surface area contributed by atoms with Gasteiger partial charge in [0.2, 0.25) is 5.91 Å². The first-order valence-corrected chi connectivity index (χ1v) is 7.45. The maximum atomic E-state index is 12.2. The van der Waals surface area contributed by atoms with E-state index in [0.29, 0.717) is 17.1 Å². The molecule has 1 aliphatic rings. The summed E-state index contributed by atoms with van der Waals surface area (Å²) >= 11 is 1.55. The fourth-order valence-electron chi connectivity index (χ4n) is 2.50. The average molecular weight is 277 g/mol. The number of fused-ring (bicyclic) bond motifs is 1. The van der Waals surface area contributed by atoms with E-state index in [4.69, 9.17) is 5.73 Å². The summed E-state index contributed by atoms with van der Waals surface area (Å²) in [6.45, 7) is 4.30. The molecule has 5 heteroatoms. The predicted molar refractivity (Wildman–Crippen MR) is 77.1 cm³/mol. The zero-order valence-electron chi connectivity index (χ0n) is 11.3. The lowest BCUT2D eigenvalue weighted by Gasteiger charge is -2.17. The minimum atomic E-state index is -0.205. The van der Waals surface area contributed by atoms with Crippen molar-refractivity contribution in [2.75, 3.05) is 11.9 Å². The number of hydrogen-bond donors (Lipinski definition) is 2. The van der Waals surface area contributed by atoms with Crippen LogP contribution < -0.4 is 11.1 Å². The van der Waals surface area contributed by atoms with Crippen LogP contribution in [0.25, 0.3) is 0 Å². The van der Waals surface area contributed by atoms with Gasteiger partial charge in [-0.15, -0.1) is 11.3 Å². The number of nitrogens with zero attached hydrogens (tertiary/aromatic N) is 1. The second kappa shape index (κ2) is 5.72. The van der Waals surface area contributed by atoms with Crippen molar-refractivity contribution in [1.82, 2.24) is 0 Å². The standard InChI is InChI=1S/C14H19N3OS/c1-8(2)10(6-15)13(18)17-14-11(7-16)9-4-3-5-12(9)19-14/h8,10H,3-6,15H2,1-2H3,(H,17,18). The van der Waals surface area contributed by atoms with Gasteiger partial charge in [0.25, 0.3) is 0 Å². The molecule has 0 aliphatic heterocycles. The average Bonchev–Trinajstić information content (AvgIpc) is 2.89. The highest BCUT2D eigenvalue weighted by Crippen LogP contribution is 2.38. The number of nitrogens with two attached hydrogens (primary N) is 1. The second-order valence-corrected chi connectivity index (χ2v) is 6.35. The molecule has 0 radical (unpaired) electrons. The Balaban J connectivity index is 2.20. The van der Waals surface area contributed by atoms with E-state index in [0.717, 1.165) is 24.8 Å². The number of rotatable bonds is 4. The van der Waals surface area contributed by atoms with E-state index in [2.05, 4.69) is 11.4 Å². The van der Waals surface area contributed by atoms with Crippen LogP contribution in [0.2, 0.25) is 0 Å². The predicted octanol–water partition coefficient (Wildman–Crippen LogP) is 2.28. The summed E-state index contributed by atoms with van der Waals surface area (Å²) in [5, 5.41) is 12.9. The fraction of sp³-hybridized carbons (Fsp3) is 0.571. The van der Waals surface area contributed by atoms with Gasteiger partial charge in [0.05, 0.1) is 11.5 Å². The summed E-state index contributed by atoms with van der Waals surface area (Å²) in [5.41, 5.74) is 7.44. The van der Waals surface area contributed by atoms with Gasteiger partial charge in [-0.3, -0.25) is 4.79 Å². The van der Waals surface area contributed by atoms with Crippen molar-refractivity contribution < 1.29 is 4.79 Å².